The van der Waals surface area contributed by atoms with Crippen LogP contribution in [0.2, 0.25) is 0 Å². The molecule has 21 heavy (non-hydrogen) atoms. The fourth-order valence-electron chi connectivity index (χ4n) is 2.32. The van der Waals surface area contributed by atoms with Crippen LogP contribution in [0.15, 0.2) is 28.7 Å². The number of hydrogen-bond acceptors (Lipinski definition) is 3. The highest BCUT2D eigenvalue weighted by Gasteiger charge is 2.41. The Morgan fingerprint density at radius 2 is 2.14 bits per heavy atom. The van der Waals surface area contributed by atoms with Crippen LogP contribution >= 0.6 is 15.9 Å². The summed E-state index contributed by atoms with van der Waals surface area (Å²) < 4.78 is 6.40. The Labute approximate surface area is 132 Å². The van der Waals surface area contributed by atoms with E-state index in [9.17, 15) is 9.59 Å². The number of halogens is 1. The molecule has 1 saturated heterocycles. The number of carbonyl (C=O) groups is 2. The van der Waals surface area contributed by atoms with Gasteiger partial charge in [-0.25, -0.2) is 0 Å². The number of benzene rings is 1. The van der Waals surface area contributed by atoms with E-state index in [1.807, 2.05) is 24.3 Å². The zero-order valence-electron chi connectivity index (χ0n) is 11.8. The topological polar surface area (TPSA) is 66.8 Å². The van der Waals surface area contributed by atoms with Crippen LogP contribution in [0, 0.1) is 5.41 Å². The van der Waals surface area contributed by atoms with Crippen molar-refractivity contribution >= 4 is 27.8 Å². The summed E-state index contributed by atoms with van der Waals surface area (Å²) in [5, 5.41) is 9.16. The molecule has 0 radical (unpaired) electrons. The lowest BCUT2D eigenvalue weighted by Gasteiger charge is -2.20. The van der Waals surface area contributed by atoms with Gasteiger partial charge in [-0.15, -0.1) is 0 Å². The first-order valence-corrected chi connectivity index (χ1v) is 7.60. The second kappa shape index (κ2) is 6.47. The fraction of sp³-hybridized carbons (Fsp3) is 0.467. The Morgan fingerprint density at radius 3 is 2.76 bits per heavy atom. The monoisotopic (exact) mass is 355 g/mol. The number of hydrogen-bond donors (Lipinski definition) is 1. The highest BCUT2D eigenvalue weighted by molar-refractivity contribution is 9.10. The number of ether oxygens (including phenoxy) is 1. The quantitative estimate of drug-likeness (QED) is 0.881. The number of likely N-dealkylation sites (tertiary alicyclic amines) is 1. The van der Waals surface area contributed by atoms with Crippen LogP contribution in [0.1, 0.15) is 19.8 Å². The van der Waals surface area contributed by atoms with E-state index in [0.717, 1.165) is 4.47 Å². The molecule has 0 bridgehead atoms. The van der Waals surface area contributed by atoms with Gasteiger partial charge in [-0.1, -0.05) is 12.1 Å². The van der Waals surface area contributed by atoms with Crippen LogP contribution in [0.25, 0.3) is 0 Å². The molecular weight excluding hydrogens is 338 g/mol. The van der Waals surface area contributed by atoms with Gasteiger partial charge in [0.25, 0.3) is 0 Å². The summed E-state index contributed by atoms with van der Waals surface area (Å²) in [4.78, 5) is 24.8. The molecular formula is C15H18BrNO4. The third kappa shape index (κ3) is 3.75. The summed E-state index contributed by atoms with van der Waals surface area (Å²) in [6, 6.07) is 7.45. The first-order chi connectivity index (χ1) is 9.92. The number of amides is 1. The Hall–Kier alpha value is -1.56. The van der Waals surface area contributed by atoms with Gasteiger partial charge in [0.05, 0.1) is 22.9 Å². The standard InChI is InChI=1S/C15H18BrNO4/c1-15(14(19)20)7-8-17(10-15)13(18)6-9-21-12-5-3-2-4-11(12)16/h2-5H,6-10H2,1H3,(H,19,20). The highest BCUT2D eigenvalue weighted by Crippen LogP contribution is 2.30. The molecule has 1 atom stereocenters. The molecule has 114 valence electrons. The third-order valence-electron chi connectivity index (χ3n) is 3.75. The Kier molecular flexibility index (Phi) is 4.88. The maximum Gasteiger partial charge on any atom is 0.311 e. The van der Waals surface area contributed by atoms with Crippen molar-refractivity contribution in [3.8, 4) is 5.75 Å². The van der Waals surface area contributed by atoms with Crippen molar-refractivity contribution in [3.05, 3.63) is 28.7 Å². The molecule has 1 amide bonds. The smallest absolute Gasteiger partial charge is 0.311 e. The predicted octanol–water partition coefficient (Wildman–Crippen LogP) is 2.54. The van der Waals surface area contributed by atoms with Crippen LogP contribution < -0.4 is 4.74 Å². The number of carboxylic acids is 1. The zero-order valence-corrected chi connectivity index (χ0v) is 13.4. The molecule has 2 rings (SSSR count). The molecule has 0 spiro atoms. The first-order valence-electron chi connectivity index (χ1n) is 6.81. The molecule has 1 aromatic carbocycles. The van der Waals surface area contributed by atoms with E-state index < -0.39 is 11.4 Å². The van der Waals surface area contributed by atoms with Crippen LogP contribution in [0.5, 0.6) is 5.75 Å². The summed E-state index contributed by atoms with van der Waals surface area (Å²) in [5.74, 6) is -0.212. The highest BCUT2D eigenvalue weighted by atomic mass is 79.9. The van der Waals surface area contributed by atoms with Crippen LogP contribution in [-0.2, 0) is 9.59 Å². The van der Waals surface area contributed by atoms with Gasteiger partial charge in [0.2, 0.25) is 5.91 Å². The normalized spacial score (nSPS) is 21.3. The van der Waals surface area contributed by atoms with Crippen LogP contribution in [0.3, 0.4) is 0 Å². The maximum absolute atomic E-state index is 12.1. The SMILES string of the molecule is CC1(C(=O)O)CCN(C(=O)CCOc2ccccc2Br)C1. The number of nitrogens with zero attached hydrogens (tertiary/aromatic N) is 1. The third-order valence-corrected chi connectivity index (χ3v) is 4.41. The van der Waals surface area contributed by atoms with E-state index in [1.165, 1.54) is 0 Å². The van der Waals surface area contributed by atoms with Crippen molar-refractivity contribution in [1.29, 1.82) is 0 Å². The van der Waals surface area contributed by atoms with Crippen LogP contribution in [-0.4, -0.2) is 41.6 Å². The Balaban J connectivity index is 1.81. The van der Waals surface area contributed by atoms with E-state index >= 15 is 0 Å². The van der Waals surface area contributed by atoms with Crippen molar-refractivity contribution < 1.29 is 19.4 Å². The lowest BCUT2D eigenvalue weighted by atomic mass is 9.90. The summed E-state index contributed by atoms with van der Waals surface area (Å²) >= 11 is 3.37. The van der Waals surface area contributed by atoms with E-state index in [2.05, 4.69) is 15.9 Å². The zero-order chi connectivity index (χ0) is 15.5. The summed E-state index contributed by atoms with van der Waals surface area (Å²) in [6.07, 6.45) is 0.746. The molecule has 1 aliphatic rings. The van der Waals surface area contributed by atoms with Gasteiger partial charge in [-0.2, -0.15) is 0 Å². The minimum atomic E-state index is -0.845. The van der Waals surface area contributed by atoms with Gasteiger partial charge in [-0.05, 0) is 41.4 Å². The summed E-state index contributed by atoms with van der Waals surface area (Å²) in [5.41, 5.74) is -0.820. The fourth-order valence-corrected chi connectivity index (χ4v) is 2.72. The van der Waals surface area contributed by atoms with E-state index in [-0.39, 0.29) is 25.5 Å². The van der Waals surface area contributed by atoms with Crippen molar-refractivity contribution in [3.63, 3.8) is 0 Å². The van der Waals surface area contributed by atoms with Gasteiger partial charge >= 0.3 is 5.97 Å². The molecule has 1 aliphatic heterocycles. The van der Waals surface area contributed by atoms with Crippen molar-refractivity contribution in [1.82, 2.24) is 4.90 Å². The predicted molar refractivity (Wildman–Crippen MR) is 81.2 cm³/mol. The molecule has 0 aliphatic carbocycles. The molecule has 1 unspecified atom stereocenters. The number of para-hydroxylation sites is 1. The average Bonchev–Trinajstić information content (AvgIpc) is 2.85. The van der Waals surface area contributed by atoms with Gasteiger partial charge in [-0.3, -0.25) is 9.59 Å². The minimum absolute atomic E-state index is 0.0629. The van der Waals surface area contributed by atoms with Gasteiger partial charge in [0.1, 0.15) is 5.75 Å². The minimum Gasteiger partial charge on any atom is -0.492 e. The van der Waals surface area contributed by atoms with Gasteiger partial charge in [0, 0.05) is 13.1 Å². The van der Waals surface area contributed by atoms with Gasteiger partial charge < -0.3 is 14.7 Å². The molecule has 1 fully saturated rings. The molecule has 0 saturated carbocycles. The summed E-state index contributed by atoms with van der Waals surface area (Å²) in [6.45, 7) is 2.73. The molecule has 1 aromatic rings. The van der Waals surface area contributed by atoms with Crippen LogP contribution in [0.4, 0.5) is 0 Å². The lowest BCUT2D eigenvalue weighted by molar-refractivity contribution is -0.147. The molecule has 5 nitrogen and oxygen atoms in total. The second-order valence-electron chi connectivity index (χ2n) is 5.46. The molecule has 1 N–H and O–H groups in total. The molecule has 6 heteroatoms. The Bertz CT molecular complexity index is 548. The van der Waals surface area contributed by atoms with Crippen molar-refractivity contribution in [2.45, 2.75) is 19.8 Å². The number of carboxylic acid groups (broad SMARTS) is 1. The van der Waals surface area contributed by atoms with Crippen molar-refractivity contribution in [2.24, 2.45) is 5.41 Å². The molecule has 1 heterocycles. The lowest BCUT2D eigenvalue weighted by Crippen LogP contribution is -2.35. The summed E-state index contributed by atoms with van der Waals surface area (Å²) in [7, 11) is 0. The molecule has 0 aromatic heterocycles. The number of aliphatic carboxylic acids is 1. The number of rotatable bonds is 5. The second-order valence-corrected chi connectivity index (χ2v) is 6.31. The van der Waals surface area contributed by atoms with E-state index in [4.69, 9.17) is 9.84 Å². The average molecular weight is 356 g/mol. The van der Waals surface area contributed by atoms with E-state index in [1.54, 1.807) is 11.8 Å². The van der Waals surface area contributed by atoms with Gasteiger partial charge in [0.15, 0.2) is 0 Å². The van der Waals surface area contributed by atoms with E-state index in [0.29, 0.717) is 18.7 Å². The largest absolute Gasteiger partial charge is 0.492 e. The van der Waals surface area contributed by atoms with Crippen molar-refractivity contribution in [2.75, 3.05) is 19.7 Å². The Morgan fingerprint density at radius 1 is 1.43 bits per heavy atom. The first kappa shape index (κ1) is 15.8. The number of carbonyl (C=O) groups excluding carboxylic acids is 1. The maximum atomic E-state index is 12.1.